The molecule has 0 spiro atoms. The fourth-order valence-electron chi connectivity index (χ4n) is 3.84. The summed E-state index contributed by atoms with van der Waals surface area (Å²) in [7, 11) is 1.88. The highest BCUT2D eigenvalue weighted by atomic mass is 16.2. The molecule has 1 saturated carbocycles. The number of anilines is 1. The van der Waals surface area contributed by atoms with Gasteiger partial charge in [0.25, 0.3) is 0 Å². The van der Waals surface area contributed by atoms with Gasteiger partial charge in [0, 0.05) is 43.5 Å². The van der Waals surface area contributed by atoms with E-state index in [1.54, 1.807) is 12.4 Å². The summed E-state index contributed by atoms with van der Waals surface area (Å²) in [5, 5.41) is 3.02. The van der Waals surface area contributed by atoms with Crippen LogP contribution in [-0.4, -0.2) is 35.3 Å². The van der Waals surface area contributed by atoms with Crippen LogP contribution in [0, 0.1) is 18.8 Å². The lowest BCUT2D eigenvalue weighted by Crippen LogP contribution is -2.37. The number of likely N-dealkylation sites (N-methyl/N-ethyl adjacent to an activating group) is 1. The fourth-order valence-corrected chi connectivity index (χ4v) is 3.84. The Morgan fingerprint density at radius 1 is 1.07 bits per heavy atom. The van der Waals surface area contributed by atoms with E-state index in [-0.39, 0.29) is 23.7 Å². The van der Waals surface area contributed by atoms with Crippen molar-refractivity contribution in [1.82, 2.24) is 9.88 Å². The molecule has 1 aromatic carbocycles. The lowest BCUT2D eigenvalue weighted by atomic mass is 9.81. The minimum Gasteiger partial charge on any atom is -0.345 e. The number of hydrogen-bond acceptors (Lipinski definition) is 3. The maximum absolute atomic E-state index is 12.7. The van der Waals surface area contributed by atoms with Gasteiger partial charge in [-0.05, 0) is 74.4 Å². The van der Waals surface area contributed by atoms with Crippen molar-refractivity contribution >= 4 is 17.5 Å². The average Bonchev–Trinajstić information content (AvgIpc) is 2.72. The largest absolute Gasteiger partial charge is 0.345 e. The number of carbonyl (C=O) groups excluding carboxylic acids is 2. The van der Waals surface area contributed by atoms with Crippen LogP contribution in [0.25, 0.3) is 0 Å². The first-order chi connectivity index (χ1) is 13.5. The monoisotopic (exact) mass is 379 g/mol. The highest BCUT2D eigenvalue weighted by molar-refractivity contribution is 5.92. The second-order valence-electron chi connectivity index (χ2n) is 7.77. The Morgan fingerprint density at radius 3 is 2.43 bits per heavy atom. The topological polar surface area (TPSA) is 62.3 Å². The summed E-state index contributed by atoms with van der Waals surface area (Å²) in [5.41, 5.74) is 3.16. The first kappa shape index (κ1) is 20.1. The number of rotatable bonds is 6. The van der Waals surface area contributed by atoms with Crippen molar-refractivity contribution in [2.75, 3.05) is 18.9 Å². The van der Waals surface area contributed by atoms with Crippen LogP contribution in [0.1, 0.15) is 36.8 Å². The summed E-state index contributed by atoms with van der Waals surface area (Å²) in [6.45, 7) is 2.72. The van der Waals surface area contributed by atoms with Gasteiger partial charge < -0.3 is 10.2 Å². The van der Waals surface area contributed by atoms with Crippen LogP contribution >= 0.6 is 0 Å². The number of pyridine rings is 1. The first-order valence-corrected chi connectivity index (χ1v) is 10.0. The molecule has 5 nitrogen and oxygen atoms in total. The number of nitrogens with one attached hydrogen (secondary N) is 1. The molecule has 2 amide bonds. The highest BCUT2D eigenvalue weighted by Crippen LogP contribution is 2.31. The van der Waals surface area contributed by atoms with Crippen molar-refractivity contribution in [2.45, 2.75) is 39.0 Å². The van der Waals surface area contributed by atoms with Gasteiger partial charge in [-0.15, -0.1) is 0 Å². The predicted octanol–water partition coefficient (Wildman–Crippen LogP) is 3.84. The zero-order valence-electron chi connectivity index (χ0n) is 16.7. The molecule has 0 saturated heterocycles. The maximum Gasteiger partial charge on any atom is 0.227 e. The molecule has 1 heterocycles. The van der Waals surface area contributed by atoms with Crippen LogP contribution in [0.5, 0.6) is 0 Å². The van der Waals surface area contributed by atoms with E-state index >= 15 is 0 Å². The van der Waals surface area contributed by atoms with Gasteiger partial charge in [0.1, 0.15) is 0 Å². The van der Waals surface area contributed by atoms with E-state index in [1.807, 2.05) is 55.3 Å². The third-order valence-corrected chi connectivity index (χ3v) is 5.59. The lowest BCUT2D eigenvalue weighted by molar-refractivity contribution is -0.136. The Labute approximate surface area is 167 Å². The third-order valence-electron chi connectivity index (χ3n) is 5.59. The van der Waals surface area contributed by atoms with Crippen LogP contribution in [0.15, 0.2) is 48.8 Å². The fraction of sp³-hybridized carbons (Fsp3) is 0.435. The van der Waals surface area contributed by atoms with E-state index in [0.29, 0.717) is 6.54 Å². The van der Waals surface area contributed by atoms with Crippen molar-refractivity contribution in [3.05, 3.63) is 59.9 Å². The van der Waals surface area contributed by atoms with Crippen molar-refractivity contribution in [3.63, 3.8) is 0 Å². The van der Waals surface area contributed by atoms with Gasteiger partial charge in [0.15, 0.2) is 0 Å². The summed E-state index contributed by atoms with van der Waals surface area (Å²) in [6, 6.07) is 11.8. The van der Waals surface area contributed by atoms with E-state index in [1.165, 1.54) is 5.56 Å². The summed E-state index contributed by atoms with van der Waals surface area (Å²) >= 11 is 0. The van der Waals surface area contributed by atoms with Crippen molar-refractivity contribution in [3.8, 4) is 0 Å². The van der Waals surface area contributed by atoms with E-state index in [2.05, 4.69) is 10.3 Å². The second-order valence-corrected chi connectivity index (χ2v) is 7.77. The molecule has 0 aliphatic heterocycles. The summed E-state index contributed by atoms with van der Waals surface area (Å²) in [5.74, 6) is 0.297. The molecule has 1 aromatic heterocycles. The van der Waals surface area contributed by atoms with E-state index in [9.17, 15) is 9.59 Å². The molecule has 1 aliphatic carbocycles. The average molecular weight is 380 g/mol. The van der Waals surface area contributed by atoms with Gasteiger partial charge in [-0.3, -0.25) is 14.6 Å². The van der Waals surface area contributed by atoms with E-state index < -0.39 is 0 Å². The summed E-state index contributed by atoms with van der Waals surface area (Å²) in [6.07, 6.45) is 7.49. The van der Waals surface area contributed by atoms with Crippen molar-refractivity contribution < 1.29 is 9.59 Å². The number of amides is 2. The molecule has 1 fully saturated rings. The van der Waals surface area contributed by atoms with Crippen molar-refractivity contribution in [2.24, 2.45) is 11.8 Å². The summed E-state index contributed by atoms with van der Waals surface area (Å²) < 4.78 is 0. The normalized spacial score (nSPS) is 19.1. The molecule has 3 rings (SSSR count). The molecule has 148 valence electrons. The third kappa shape index (κ3) is 5.41. The lowest BCUT2D eigenvalue weighted by Gasteiger charge is -2.30. The van der Waals surface area contributed by atoms with Gasteiger partial charge in [0.05, 0.1) is 0 Å². The highest BCUT2D eigenvalue weighted by Gasteiger charge is 2.31. The number of hydrogen-bond donors (Lipinski definition) is 1. The Balaban J connectivity index is 1.44. The van der Waals surface area contributed by atoms with Crippen LogP contribution < -0.4 is 5.32 Å². The second kappa shape index (κ2) is 9.49. The van der Waals surface area contributed by atoms with Gasteiger partial charge >= 0.3 is 0 Å². The Morgan fingerprint density at radius 2 is 1.75 bits per heavy atom. The standard InChI is InChI=1S/C23H29N3O2/c1-17-4-3-5-21(16-17)25-22(27)19-6-8-20(9-7-19)23(28)26(2)15-12-18-10-13-24-14-11-18/h3-5,10-11,13-14,16,19-20H,6-9,12,15H2,1-2H3,(H,25,27). The van der Waals surface area contributed by atoms with Crippen LogP contribution in [0.4, 0.5) is 5.69 Å². The molecule has 5 heteroatoms. The van der Waals surface area contributed by atoms with E-state index in [4.69, 9.17) is 0 Å². The first-order valence-electron chi connectivity index (χ1n) is 10.0. The number of nitrogens with zero attached hydrogens (tertiary/aromatic N) is 2. The predicted molar refractivity (Wildman–Crippen MR) is 111 cm³/mol. The Bertz CT molecular complexity index is 799. The molecular weight excluding hydrogens is 350 g/mol. The maximum atomic E-state index is 12.7. The molecule has 0 atom stereocenters. The van der Waals surface area contributed by atoms with Gasteiger partial charge in [-0.25, -0.2) is 0 Å². The number of benzene rings is 1. The molecule has 1 aliphatic rings. The van der Waals surface area contributed by atoms with Crippen LogP contribution in [-0.2, 0) is 16.0 Å². The molecule has 1 N–H and O–H groups in total. The summed E-state index contributed by atoms with van der Waals surface area (Å²) in [4.78, 5) is 31.1. The number of aryl methyl sites for hydroxylation is 1. The van der Waals surface area contributed by atoms with Gasteiger partial charge in [0.2, 0.25) is 11.8 Å². The molecule has 28 heavy (non-hydrogen) atoms. The smallest absolute Gasteiger partial charge is 0.227 e. The van der Waals surface area contributed by atoms with Gasteiger partial charge in [-0.1, -0.05) is 12.1 Å². The molecular formula is C23H29N3O2. The SMILES string of the molecule is Cc1cccc(NC(=O)C2CCC(C(=O)N(C)CCc3ccncc3)CC2)c1. The van der Waals surface area contributed by atoms with Gasteiger partial charge in [-0.2, -0.15) is 0 Å². The van der Waals surface area contributed by atoms with Crippen LogP contribution in [0.3, 0.4) is 0 Å². The Kier molecular flexibility index (Phi) is 6.80. The van der Waals surface area contributed by atoms with Crippen molar-refractivity contribution in [1.29, 1.82) is 0 Å². The quantitative estimate of drug-likeness (QED) is 0.829. The molecule has 0 bridgehead atoms. The minimum atomic E-state index is -0.00770. The van der Waals surface area contributed by atoms with E-state index in [0.717, 1.165) is 43.4 Å². The Hall–Kier alpha value is -2.69. The molecule has 0 unspecified atom stereocenters. The number of carbonyl (C=O) groups is 2. The minimum absolute atomic E-state index is 0.00770. The zero-order valence-corrected chi connectivity index (χ0v) is 16.7. The molecule has 0 radical (unpaired) electrons. The molecule has 2 aromatic rings. The number of aromatic nitrogens is 1. The zero-order chi connectivity index (χ0) is 19.9. The van der Waals surface area contributed by atoms with Crippen LogP contribution in [0.2, 0.25) is 0 Å².